The molecule has 1 aromatic heterocycles. The second-order valence-corrected chi connectivity index (χ2v) is 7.47. The zero-order valence-electron chi connectivity index (χ0n) is 16.1. The maximum absolute atomic E-state index is 12.6. The van der Waals surface area contributed by atoms with E-state index in [0.717, 1.165) is 0 Å². The first kappa shape index (κ1) is 19.1. The van der Waals surface area contributed by atoms with Gasteiger partial charge in [-0.1, -0.05) is 26.0 Å². The first-order valence-electron chi connectivity index (χ1n) is 9.43. The molecule has 144 valence electrons. The van der Waals surface area contributed by atoms with Gasteiger partial charge in [0.25, 0.3) is 5.56 Å². The zero-order chi connectivity index (χ0) is 19.6. The van der Waals surface area contributed by atoms with Crippen LogP contribution >= 0.6 is 0 Å². The summed E-state index contributed by atoms with van der Waals surface area (Å²) in [5.41, 5.74) is 1.45. The fourth-order valence-electron chi connectivity index (χ4n) is 3.50. The molecule has 1 fully saturated rings. The summed E-state index contributed by atoms with van der Waals surface area (Å²) in [5.74, 6) is 0.272. The molecule has 3 rings (SSSR count). The van der Waals surface area contributed by atoms with Crippen LogP contribution in [-0.2, 0) is 16.0 Å². The van der Waals surface area contributed by atoms with Crippen molar-refractivity contribution >= 4 is 22.8 Å². The molecule has 0 spiro atoms. The monoisotopic (exact) mass is 370 g/mol. The predicted molar refractivity (Wildman–Crippen MR) is 103 cm³/mol. The van der Waals surface area contributed by atoms with E-state index in [4.69, 9.17) is 0 Å². The number of rotatable bonds is 5. The van der Waals surface area contributed by atoms with Crippen molar-refractivity contribution in [2.45, 2.75) is 39.7 Å². The Kier molecular flexibility index (Phi) is 5.58. The van der Waals surface area contributed by atoms with E-state index in [2.05, 4.69) is 23.8 Å². The number of benzene rings is 1. The summed E-state index contributed by atoms with van der Waals surface area (Å²) in [7, 11) is 0. The lowest BCUT2D eigenvalue weighted by Crippen LogP contribution is -2.58. The first-order valence-corrected chi connectivity index (χ1v) is 9.43. The number of amides is 2. The van der Waals surface area contributed by atoms with Gasteiger partial charge in [-0.2, -0.15) is 0 Å². The number of aromatic nitrogens is 2. The molecule has 0 saturated carbocycles. The Balaban J connectivity index is 1.65. The van der Waals surface area contributed by atoms with Crippen LogP contribution in [0.5, 0.6) is 0 Å². The number of hydrogen-bond donors (Lipinski definition) is 1. The van der Waals surface area contributed by atoms with Crippen molar-refractivity contribution in [3.8, 4) is 0 Å². The van der Waals surface area contributed by atoms with E-state index < -0.39 is 6.04 Å². The average molecular weight is 370 g/mol. The third kappa shape index (κ3) is 4.18. The number of hydrogen-bond acceptors (Lipinski definition) is 4. The van der Waals surface area contributed by atoms with E-state index >= 15 is 0 Å². The molecule has 7 heteroatoms. The summed E-state index contributed by atoms with van der Waals surface area (Å²) < 4.78 is 0. The van der Waals surface area contributed by atoms with Crippen LogP contribution in [0.2, 0.25) is 0 Å². The number of carbonyl (C=O) groups excluding carboxylic acids is 2. The Hall–Kier alpha value is -2.70. The van der Waals surface area contributed by atoms with Crippen molar-refractivity contribution in [2.24, 2.45) is 5.92 Å². The number of piperazine rings is 1. The van der Waals surface area contributed by atoms with Gasteiger partial charge < -0.3 is 14.8 Å². The second kappa shape index (κ2) is 7.90. The van der Waals surface area contributed by atoms with Gasteiger partial charge in [0.15, 0.2) is 0 Å². The van der Waals surface area contributed by atoms with Crippen molar-refractivity contribution in [1.29, 1.82) is 0 Å². The number of nitrogens with one attached hydrogen (secondary N) is 1. The predicted octanol–water partition coefficient (Wildman–Crippen LogP) is 1.57. The summed E-state index contributed by atoms with van der Waals surface area (Å²) in [5, 5.41) is 0. The van der Waals surface area contributed by atoms with E-state index in [9.17, 15) is 14.4 Å². The molecule has 0 bridgehead atoms. The van der Waals surface area contributed by atoms with Gasteiger partial charge >= 0.3 is 0 Å². The van der Waals surface area contributed by atoms with Gasteiger partial charge in [0.1, 0.15) is 11.7 Å². The van der Waals surface area contributed by atoms with Crippen molar-refractivity contribution in [3.05, 3.63) is 40.3 Å². The van der Waals surface area contributed by atoms with E-state index in [1.807, 2.05) is 23.1 Å². The molecule has 0 radical (unpaired) electrons. The normalized spacial score (nSPS) is 17.8. The van der Waals surface area contributed by atoms with E-state index in [-0.39, 0.29) is 30.2 Å². The van der Waals surface area contributed by atoms with Gasteiger partial charge in [-0.3, -0.25) is 14.4 Å². The lowest BCUT2D eigenvalue weighted by atomic mass is 10.1. The highest BCUT2D eigenvalue weighted by Gasteiger charge is 2.34. The molecular weight excluding hydrogens is 344 g/mol. The highest BCUT2D eigenvalue weighted by molar-refractivity contribution is 5.88. The van der Waals surface area contributed by atoms with E-state index in [0.29, 0.717) is 42.3 Å². The topological polar surface area (TPSA) is 86.4 Å². The number of fused-ring (bicyclic) bond motifs is 1. The molecule has 7 nitrogen and oxygen atoms in total. The molecule has 1 unspecified atom stereocenters. The Morgan fingerprint density at radius 1 is 1.26 bits per heavy atom. The maximum atomic E-state index is 12.6. The minimum absolute atomic E-state index is 0.00928. The number of para-hydroxylation sites is 2. The van der Waals surface area contributed by atoms with Gasteiger partial charge in [0.2, 0.25) is 11.8 Å². The van der Waals surface area contributed by atoms with Crippen LogP contribution in [0.25, 0.3) is 11.0 Å². The minimum atomic E-state index is -0.465. The Labute approximate surface area is 158 Å². The molecule has 1 aliphatic rings. The Morgan fingerprint density at radius 2 is 2.00 bits per heavy atom. The number of aryl methyl sites for hydroxylation is 1. The van der Waals surface area contributed by atoms with E-state index in [1.165, 1.54) is 0 Å². The van der Waals surface area contributed by atoms with Crippen LogP contribution in [0.3, 0.4) is 0 Å². The van der Waals surface area contributed by atoms with Gasteiger partial charge in [0, 0.05) is 32.5 Å². The summed E-state index contributed by atoms with van der Waals surface area (Å²) >= 11 is 0. The molecule has 1 atom stereocenters. The van der Waals surface area contributed by atoms with Crippen molar-refractivity contribution < 1.29 is 9.59 Å². The molecule has 1 aliphatic heterocycles. The third-order valence-corrected chi connectivity index (χ3v) is 4.90. The lowest BCUT2D eigenvalue weighted by Gasteiger charge is -2.39. The molecule has 1 aromatic carbocycles. The van der Waals surface area contributed by atoms with Gasteiger partial charge in [0.05, 0.1) is 11.0 Å². The number of aromatic amines is 1. The molecule has 1 N–H and O–H groups in total. The fourth-order valence-corrected chi connectivity index (χ4v) is 3.50. The molecular formula is C20H26N4O3. The van der Waals surface area contributed by atoms with Gasteiger partial charge in [-0.25, -0.2) is 4.98 Å². The highest BCUT2D eigenvalue weighted by atomic mass is 16.2. The molecule has 27 heavy (non-hydrogen) atoms. The van der Waals surface area contributed by atoms with Crippen LogP contribution in [-0.4, -0.2) is 57.3 Å². The highest BCUT2D eigenvalue weighted by Crippen LogP contribution is 2.15. The summed E-state index contributed by atoms with van der Waals surface area (Å²) in [4.78, 5) is 48.0. The van der Waals surface area contributed by atoms with Gasteiger partial charge in [-0.15, -0.1) is 0 Å². The van der Waals surface area contributed by atoms with E-state index in [1.54, 1.807) is 17.9 Å². The van der Waals surface area contributed by atoms with Crippen LogP contribution in [0.15, 0.2) is 29.1 Å². The summed E-state index contributed by atoms with van der Waals surface area (Å²) in [6, 6.07) is 6.84. The number of H-pyrrole nitrogens is 1. The smallest absolute Gasteiger partial charge is 0.270 e. The molecule has 2 heterocycles. The van der Waals surface area contributed by atoms with Crippen LogP contribution in [0, 0.1) is 5.92 Å². The minimum Gasteiger partial charge on any atom is -0.339 e. The maximum Gasteiger partial charge on any atom is 0.270 e. The average Bonchev–Trinajstić information content (AvgIpc) is 2.63. The van der Waals surface area contributed by atoms with Crippen molar-refractivity contribution in [2.75, 3.05) is 19.6 Å². The zero-order valence-corrected chi connectivity index (χ0v) is 16.1. The largest absolute Gasteiger partial charge is 0.339 e. The number of nitrogens with zero attached hydrogens (tertiary/aromatic N) is 3. The fraction of sp³-hybridized carbons (Fsp3) is 0.500. The Bertz CT molecular complexity index is 905. The molecule has 1 saturated heterocycles. The van der Waals surface area contributed by atoms with Crippen LogP contribution in [0.4, 0.5) is 0 Å². The summed E-state index contributed by atoms with van der Waals surface area (Å²) in [6.07, 6.45) is 0.419. The van der Waals surface area contributed by atoms with Gasteiger partial charge in [-0.05, 0) is 25.0 Å². The summed E-state index contributed by atoms with van der Waals surface area (Å²) in [6.45, 7) is 7.71. The third-order valence-electron chi connectivity index (χ3n) is 4.90. The molecule has 2 amide bonds. The van der Waals surface area contributed by atoms with Crippen molar-refractivity contribution in [1.82, 2.24) is 19.8 Å². The molecule has 0 aliphatic carbocycles. The van der Waals surface area contributed by atoms with Crippen LogP contribution in [0.1, 0.15) is 32.9 Å². The standard InChI is InChI=1S/C20H26N4O3/c1-13(2)12-23-10-11-24(14(3)20(23)27)18(25)9-8-17-19(26)22-16-7-5-4-6-15(16)21-17/h4-7,13-14H,8-12H2,1-3H3,(H,22,26). The number of carbonyl (C=O) groups is 2. The Morgan fingerprint density at radius 3 is 2.74 bits per heavy atom. The lowest BCUT2D eigenvalue weighted by molar-refractivity contribution is -0.151. The SMILES string of the molecule is CC(C)CN1CCN(C(=O)CCc2nc3ccccc3[nH]c2=O)C(C)C1=O. The van der Waals surface area contributed by atoms with Crippen molar-refractivity contribution in [3.63, 3.8) is 0 Å². The first-order chi connectivity index (χ1) is 12.9. The van der Waals surface area contributed by atoms with Crippen LogP contribution < -0.4 is 5.56 Å². The molecule has 2 aromatic rings. The second-order valence-electron chi connectivity index (χ2n) is 7.47. The quantitative estimate of drug-likeness (QED) is 0.866.